The van der Waals surface area contributed by atoms with Gasteiger partial charge in [-0.3, -0.25) is 9.59 Å². The first-order valence-corrected chi connectivity index (χ1v) is 8.48. The molecule has 1 fully saturated rings. The van der Waals surface area contributed by atoms with Crippen LogP contribution in [-0.4, -0.2) is 28.6 Å². The number of hydrogen-bond donors (Lipinski definition) is 1. The second kappa shape index (κ2) is 8.25. The van der Waals surface area contributed by atoms with E-state index in [4.69, 9.17) is 9.47 Å². The van der Waals surface area contributed by atoms with E-state index in [1.165, 1.54) is 13.8 Å². The van der Waals surface area contributed by atoms with Gasteiger partial charge in [-0.2, -0.15) is 0 Å². The van der Waals surface area contributed by atoms with Crippen LogP contribution in [-0.2, 0) is 30.5 Å². The molecule has 0 heterocycles. The molecule has 0 amide bonds. The van der Waals surface area contributed by atoms with Crippen LogP contribution in [0.2, 0.25) is 0 Å². The highest BCUT2D eigenvalue weighted by molar-refractivity contribution is 5.92. The van der Waals surface area contributed by atoms with Crippen molar-refractivity contribution in [3.05, 3.63) is 35.9 Å². The van der Waals surface area contributed by atoms with Gasteiger partial charge >= 0.3 is 17.9 Å². The Kier molecular flexibility index (Phi) is 6.31. The maximum absolute atomic E-state index is 12.4. The lowest BCUT2D eigenvalue weighted by molar-refractivity contribution is -0.178. The fraction of sp³-hybridized carbons (Fsp3) is 0.526. The first-order valence-electron chi connectivity index (χ1n) is 8.48. The molecule has 1 aromatic carbocycles. The van der Waals surface area contributed by atoms with Crippen molar-refractivity contribution in [3.8, 4) is 0 Å². The molecule has 0 aromatic heterocycles. The highest BCUT2D eigenvalue weighted by atomic mass is 16.6. The Labute approximate surface area is 147 Å². The van der Waals surface area contributed by atoms with Gasteiger partial charge < -0.3 is 14.6 Å². The summed E-state index contributed by atoms with van der Waals surface area (Å²) in [6.45, 7) is 2.63. The Balaban J connectivity index is 1.98. The average Bonchev–Trinajstić information content (AvgIpc) is 2.59. The minimum absolute atomic E-state index is 0.139. The van der Waals surface area contributed by atoms with Crippen LogP contribution in [0.4, 0.5) is 0 Å². The molecule has 6 heteroatoms. The van der Waals surface area contributed by atoms with Crippen molar-refractivity contribution in [2.75, 3.05) is 0 Å². The van der Waals surface area contributed by atoms with E-state index in [1.54, 1.807) is 0 Å². The lowest BCUT2D eigenvalue weighted by atomic mass is 9.79. The Hall–Kier alpha value is -2.21. The first-order chi connectivity index (χ1) is 11.8. The largest absolute Gasteiger partial charge is 0.461 e. The number of esters is 3. The van der Waals surface area contributed by atoms with Crippen molar-refractivity contribution in [3.63, 3.8) is 0 Å². The van der Waals surface area contributed by atoms with Crippen molar-refractivity contribution in [2.24, 2.45) is 11.8 Å². The number of hydrogen-bond acceptors (Lipinski definition) is 6. The van der Waals surface area contributed by atoms with Crippen molar-refractivity contribution < 1.29 is 29.0 Å². The third-order valence-electron chi connectivity index (χ3n) is 4.29. The maximum Gasteiger partial charge on any atom is 0.345 e. The van der Waals surface area contributed by atoms with Gasteiger partial charge in [0.05, 0.1) is 11.8 Å². The van der Waals surface area contributed by atoms with Crippen LogP contribution in [0.15, 0.2) is 30.3 Å². The number of carbonyl (C=O) groups is 3. The zero-order valence-electron chi connectivity index (χ0n) is 14.6. The van der Waals surface area contributed by atoms with Gasteiger partial charge in [-0.15, -0.1) is 0 Å². The zero-order chi connectivity index (χ0) is 18.4. The number of benzene rings is 1. The molecule has 136 valence electrons. The van der Waals surface area contributed by atoms with Crippen LogP contribution in [0.3, 0.4) is 0 Å². The summed E-state index contributed by atoms with van der Waals surface area (Å²) in [4.78, 5) is 36.4. The smallest absolute Gasteiger partial charge is 0.345 e. The summed E-state index contributed by atoms with van der Waals surface area (Å²) in [5.41, 5.74) is -0.892. The standard InChI is InChI=1S/C19H24O6/c1-19(2,23)18(22)25-17(21)15-11-7-6-10-14(15)16(20)24-12-13-8-4-3-5-9-13/h3-5,8-9,14-15,23H,6-7,10-12H2,1-2H3. The normalized spacial score (nSPS) is 20.6. The van der Waals surface area contributed by atoms with Crippen LogP contribution < -0.4 is 0 Å². The van der Waals surface area contributed by atoms with Crippen molar-refractivity contribution in [1.82, 2.24) is 0 Å². The maximum atomic E-state index is 12.4. The van der Waals surface area contributed by atoms with Crippen molar-refractivity contribution >= 4 is 17.9 Å². The Morgan fingerprint density at radius 3 is 2.16 bits per heavy atom. The van der Waals surface area contributed by atoms with E-state index in [0.717, 1.165) is 18.4 Å². The predicted octanol–water partition coefficient (Wildman–Crippen LogP) is 2.38. The van der Waals surface area contributed by atoms with Gasteiger partial charge in [0.2, 0.25) is 0 Å². The lowest BCUT2D eigenvalue weighted by Crippen LogP contribution is -2.40. The number of aliphatic hydroxyl groups is 1. The topological polar surface area (TPSA) is 89.9 Å². The SMILES string of the molecule is CC(C)(O)C(=O)OC(=O)C1CCCCC1C(=O)OCc1ccccc1. The molecule has 2 unspecified atom stereocenters. The summed E-state index contributed by atoms with van der Waals surface area (Å²) in [7, 11) is 0. The van der Waals surface area contributed by atoms with Crippen LogP contribution in [0.5, 0.6) is 0 Å². The summed E-state index contributed by atoms with van der Waals surface area (Å²) in [6.07, 6.45) is 2.57. The fourth-order valence-electron chi connectivity index (χ4n) is 2.82. The van der Waals surface area contributed by atoms with Gasteiger partial charge in [-0.05, 0) is 32.3 Å². The fourth-order valence-corrected chi connectivity index (χ4v) is 2.82. The molecule has 1 saturated carbocycles. The number of carbonyl (C=O) groups excluding carboxylic acids is 3. The Morgan fingerprint density at radius 2 is 1.60 bits per heavy atom. The van der Waals surface area contributed by atoms with Crippen molar-refractivity contribution in [1.29, 1.82) is 0 Å². The van der Waals surface area contributed by atoms with E-state index in [1.807, 2.05) is 30.3 Å². The molecule has 25 heavy (non-hydrogen) atoms. The Bertz CT molecular complexity index is 617. The quantitative estimate of drug-likeness (QED) is 0.649. The van der Waals surface area contributed by atoms with Gasteiger partial charge in [-0.25, -0.2) is 4.79 Å². The van der Waals surface area contributed by atoms with E-state index >= 15 is 0 Å². The van der Waals surface area contributed by atoms with E-state index in [9.17, 15) is 19.5 Å². The molecular formula is C19H24O6. The van der Waals surface area contributed by atoms with Gasteiger partial charge in [0.1, 0.15) is 6.61 Å². The molecule has 0 aliphatic heterocycles. The van der Waals surface area contributed by atoms with Crippen LogP contribution in [0, 0.1) is 11.8 Å². The molecule has 6 nitrogen and oxygen atoms in total. The second-order valence-electron chi connectivity index (χ2n) is 6.86. The number of ether oxygens (including phenoxy) is 2. The van der Waals surface area contributed by atoms with Crippen molar-refractivity contribution in [2.45, 2.75) is 51.7 Å². The zero-order valence-corrected chi connectivity index (χ0v) is 14.6. The molecule has 1 aliphatic carbocycles. The van der Waals surface area contributed by atoms with Gasteiger partial charge in [0.25, 0.3) is 0 Å². The first kappa shape index (κ1) is 19.1. The van der Waals surface area contributed by atoms with Gasteiger partial charge in [-0.1, -0.05) is 43.2 Å². The van der Waals surface area contributed by atoms with Gasteiger partial charge in [0.15, 0.2) is 5.60 Å². The van der Waals surface area contributed by atoms with E-state index in [2.05, 4.69) is 0 Å². The molecule has 2 atom stereocenters. The Morgan fingerprint density at radius 1 is 1.04 bits per heavy atom. The summed E-state index contributed by atoms with van der Waals surface area (Å²) in [6, 6.07) is 9.28. The summed E-state index contributed by atoms with van der Waals surface area (Å²) >= 11 is 0. The van der Waals surface area contributed by atoms with E-state index in [-0.39, 0.29) is 6.61 Å². The minimum atomic E-state index is -1.76. The third kappa shape index (κ3) is 5.39. The average molecular weight is 348 g/mol. The monoisotopic (exact) mass is 348 g/mol. The highest BCUT2D eigenvalue weighted by Crippen LogP contribution is 2.32. The van der Waals surface area contributed by atoms with Crippen LogP contribution in [0.25, 0.3) is 0 Å². The van der Waals surface area contributed by atoms with E-state index in [0.29, 0.717) is 12.8 Å². The molecule has 0 bridgehead atoms. The summed E-state index contributed by atoms with van der Waals surface area (Å²) in [5.74, 6) is -3.59. The molecule has 0 radical (unpaired) electrons. The molecule has 1 aliphatic rings. The molecule has 1 aromatic rings. The van der Waals surface area contributed by atoms with Gasteiger partial charge in [0, 0.05) is 0 Å². The summed E-state index contributed by atoms with van der Waals surface area (Å²) < 4.78 is 10.1. The molecule has 0 spiro atoms. The molecular weight excluding hydrogens is 324 g/mol. The van der Waals surface area contributed by atoms with Crippen LogP contribution >= 0.6 is 0 Å². The highest BCUT2D eigenvalue weighted by Gasteiger charge is 2.40. The lowest BCUT2D eigenvalue weighted by Gasteiger charge is -2.28. The van der Waals surface area contributed by atoms with E-state index < -0.39 is 35.3 Å². The molecule has 0 saturated heterocycles. The van der Waals surface area contributed by atoms with Crippen LogP contribution in [0.1, 0.15) is 45.1 Å². The second-order valence-corrected chi connectivity index (χ2v) is 6.86. The number of rotatable bonds is 5. The third-order valence-corrected chi connectivity index (χ3v) is 4.29. The minimum Gasteiger partial charge on any atom is -0.461 e. The molecule has 1 N–H and O–H groups in total. The summed E-state index contributed by atoms with van der Waals surface area (Å²) in [5, 5.41) is 9.60. The predicted molar refractivity (Wildman–Crippen MR) is 89.1 cm³/mol. The molecule has 2 rings (SSSR count).